The van der Waals surface area contributed by atoms with Crippen molar-refractivity contribution in [2.24, 2.45) is 4.99 Å². The third-order valence-corrected chi connectivity index (χ3v) is 5.75. The lowest BCUT2D eigenvalue weighted by atomic mass is 10.1. The van der Waals surface area contributed by atoms with Crippen LogP contribution in [-0.4, -0.2) is 11.9 Å². The van der Waals surface area contributed by atoms with Crippen molar-refractivity contribution in [3.05, 3.63) is 104 Å². The summed E-state index contributed by atoms with van der Waals surface area (Å²) >= 11 is 2.25. The number of hydrogen-bond acceptors (Lipinski definition) is 4. The minimum Gasteiger partial charge on any atom is -0.489 e. The van der Waals surface area contributed by atoms with Crippen LogP contribution < -0.4 is 4.74 Å². The molecule has 0 fully saturated rings. The lowest BCUT2D eigenvalue weighted by Gasteiger charge is -2.07. The molecule has 1 aliphatic heterocycles. The number of rotatable bonds is 5. The highest BCUT2D eigenvalue weighted by Gasteiger charge is 2.24. The van der Waals surface area contributed by atoms with Crippen LogP contribution in [0.3, 0.4) is 0 Å². The van der Waals surface area contributed by atoms with Gasteiger partial charge in [0.25, 0.3) is 0 Å². The second-order valence-corrected chi connectivity index (χ2v) is 7.91. The Morgan fingerprint density at radius 1 is 1.10 bits per heavy atom. The van der Waals surface area contributed by atoms with Gasteiger partial charge >= 0.3 is 5.97 Å². The third kappa shape index (κ3) is 4.59. The fourth-order valence-electron chi connectivity index (χ4n) is 2.94. The topological polar surface area (TPSA) is 47.9 Å². The fourth-order valence-corrected chi connectivity index (χ4v) is 3.27. The van der Waals surface area contributed by atoms with E-state index in [-0.39, 0.29) is 24.0 Å². The van der Waals surface area contributed by atoms with Crippen molar-refractivity contribution in [2.45, 2.75) is 13.5 Å². The van der Waals surface area contributed by atoms with E-state index in [4.69, 9.17) is 9.47 Å². The predicted molar refractivity (Wildman–Crippen MR) is 122 cm³/mol. The van der Waals surface area contributed by atoms with Gasteiger partial charge in [-0.1, -0.05) is 30.3 Å². The summed E-state index contributed by atoms with van der Waals surface area (Å²) in [7, 11) is 0. The quantitative estimate of drug-likeness (QED) is 0.251. The van der Waals surface area contributed by atoms with Crippen molar-refractivity contribution in [2.75, 3.05) is 0 Å². The van der Waals surface area contributed by atoms with Gasteiger partial charge in [0, 0.05) is 14.7 Å². The zero-order chi connectivity index (χ0) is 21.1. The zero-order valence-electron chi connectivity index (χ0n) is 16.1. The highest BCUT2D eigenvalue weighted by atomic mass is 127. The average molecular weight is 513 g/mol. The Bertz CT molecular complexity index is 1190. The normalized spacial score (nSPS) is 14.6. The molecule has 1 heterocycles. The lowest BCUT2D eigenvalue weighted by Crippen LogP contribution is -2.05. The number of carbonyl (C=O) groups excluding carboxylic acids is 1. The highest BCUT2D eigenvalue weighted by molar-refractivity contribution is 14.1. The molecule has 150 valence electrons. The number of benzene rings is 3. The van der Waals surface area contributed by atoms with Gasteiger partial charge < -0.3 is 9.47 Å². The van der Waals surface area contributed by atoms with Crippen LogP contribution in [0.5, 0.6) is 5.75 Å². The van der Waals surface area contributed by atoms with Crippen LogP contribution in [0.25, 0.3) is 6.08 Å². The summed E-state index contributed by atoms with van der Waals surface area (Å²) in [5.41, 5.74) is 3.27. The van der Waals surface area contributed by atoms with Crippen LogP contribution in [0.4, 0.5) is 4.39 Å². The first-order valence-corrected chi connectivity index (χ1v) is 10.3. The molecule has 1 aliphatic rings. The summed E-state index contributed by atoms with van der Waals surface area (Å²) in [6.45, 7) is 2.11. The van der Waals surface area contributed by atoms with E-state index in [1.807, 2.05) is 31.2 Å². The summed E-state index contributed by atoms with van der Waals surface area (Å²) in [6.07, 6.45) is 1.64. The van der Waals surface area contributed by atoms with E-state index in [0.717, 1.165) is 20.3 Å². The Kier molecular flexibility index (Phi) is 5.94. The first-order valence-electron chi connectivity index (χ1n) is 9.25. The third-order valence-electron chi connectivity index (χ3n) is 4.54. The van der Waals surface area contributed by atoms with Crippen LogP contribution in [0.2, 0.25) is 0 Å². The van der Waals surface area contributed by atoms with Gasteiger partial charge in [0.1, 0.15) is 18.2 Å². The van der Waals surface area contributed by atoms with E-state index in [1.165, 1.54) is 6.07 Å². The smallest absolute Gasteiger partial charge is 0.363 e. The van der Waals surface area contributed by atoms with Gasteiger partial charge in [-0.15, -0.1) is 0 Å². The van der Waals surface area contributed by atoms with Gasteiger partial charge in [0.15, 0.2) is 5.70 Å². The maximum Gasteiger partial charge on any atom is 0.363 e. The molecular formula is C24H17FINO3. The van der Waals surface area contributed by atoms with E-state index in [0.29, 0.717) is 11.3 Å². The van der Waals surface area contributed by atoms with Gasteiger partial charge in [0.2, 0.25) is 5.90 Å². The Morgan fingerprint density at radius 3 is 2.73 bits per heavy atom. The second kappa shape index (κ2) is 8.79. The Hall–Kier alpha value is -3.00. The Morgan fingerprint density at radius 2 is 1.93 bits per heavy atom. The van der Waals surface area contributed by atoms with Crippen LogP contribution in [0.15, 0.2) is 77.4 Å². The van der Waals surface area contributed by atoms with Crippen molar-refractivity contribution in [3.8, 4) is 5.75 Å². The Balaban J connectivity index is 1.53. The fraction of sp³-hybridized carbons (Fsp3) is 0.0833. The van der Waals surface area contributed by atoms with Crippen LogP contribution in [0.1, 0.15) is 22.3 Å². The maximum absolute atomic E-state index is 13.8. The van der Waals surface area contributed by atoms with Crippen molar-refractivity contribution in [3.63, 3.8) is 0 Å². The summed E-state index contributed by atoms with van der Waals surface area (Å²) in [4.78, 5) is 16.6. The second-order valence-electron chi connectivity index (χ2n) is 6.75. The molecule has 0 amide bonds. The minimum absolute atomic E-state index is 0.114. The number of aryl methyl sites for hydroxylation is 1. The number of cyclic esters (lactones) is 1. The first-order chi connectivity index (χ1) is 14.5. The van der Waals surface area contributed by atoms with Crippen LogP contribution in [-0.2, 0) is 16.1 Å². The minimum atomic E-state index is -0.501. The maximum atomic E-state index is 13.8. The zero-order valence-corrected chi connectivity index (χ0v) is 18.2. The van der Waals surface area contributed by atoms with E-state index >= 15 is 0 Å². The number of halogens is 2. The van der Waals surface area contributed by atoms with Gasteiger partial charge in [-0.25, -0.2) is 14.2 Å². The highest BCUT2D eigenvalue weighted by Crippen LogP contribution is 2.23. The number of ether oxygens (including phenoxy) is 2. The summed E-state index contributed by atoms with van der Waals surface area (Å²) in [6, 6.07) is 19.4. The van der Waals surface area contributed by atoms with E-state index < -0.39 is 5.97 Å². The van der Waals surface area contributed by atoms with Crippen molar-refractivity contribution in [1.82, 2.24) is 0 Å². The van der Waals surface area contributed by atoms with Crippen molar-refractivity contribution < 1.29 is 18.7 Å². The molecule has 0 saturated heterocycles. The molecule has 0 spiro atoms. The van der Waals surface area contributed by atoms with Gasteiger partial charge in [-0.3, -0.25) is 0 Å². The summed E-state index contributed by atoms with van der Waals surface area (Å²) < 4.78 is 25.9. The largest absolute Gasteiger partial charge is 0.489 e. The lowest BCUT2D eigenvalue weighted by molar-refractivity contribution is -0.129. The molecule has 0 radical (unpaired) electrons. The molecule has 0 bridgehead atoms. The first kappa shape index (κ1) is 20.3. The van der Waals surface area contributed by atoms with Gasteiger partial charge in [0.05, 0.1) is 0 Å². The molecule has 30 heavy (non-hydrogen) atoms. The summed E-state index contributed by atoms with van der Waals surface area (Å²) in [5.74, 6) is 0.0465. The molecule has 0 N–H and O–H groups in total. The van der Waals surface area contributed by atoms with E-state index in [1.54, 1.807) is 42.5 Å². The molecule has 3 aromatic rings. The molecule has 0 unspecified atom stereocenters. The molecule has 3 aromatic carbocycles. The number of esters is 1. The number of hydrogen-bond donors (Lipinski definition) is 0. The molecule has 6 heteroatoms. The SMILES string of the molecule is Cc1cc(C2=N/C(=C\c3cccc(OCc4ccccc4F)c3)C(=O)O2)ccc1I. The molecule has 4 rings (SSSR count). The Labute approximate surface area is 187 Å². The molecule has 4 nitrogen and oxygen atoms in total. The predicted octanol–water partition coefficient (Wildman–Crippen LogP) is 5.66. The molecule has 0 saturated carbocycles. The number of aliphatic imine (C=N–C) groups is 1. The van der Waals surface area contributed by atoms with E-state index in [2.05, 4.69) is 27.6 Å². The van der Waals surface area contributed by atoms with Crippen LogP contribution in [0, 0.1) is 16.3 Å². The van der Waals surface area contributed by atoms with Gasteiger partial charge in [-0.2, -0.15) is 0 Å². The monoisotopic (exact) mass is 513 g/mol. The van der Waals surface area contributed by atoms with E-state index in [9.17, 15) is 9.18 Å². The number of carbonyl (C=O) groups is 1. The van der Waals surface area contributed by atoms with Gasteiger partial charge in [-0.05, 0) is 83.1 Å². The van der Waals surface area contributed by atoms with Crippen LogP contribution >= 0.6 is 22.6 Å². The standard InChI is InChI=1S/C24H17FINO3/c1-15-11-17(9-10-21(15)26)23-27-22(24(28)30-23)13-16-5-4-7-19(12-16)29-14-18-6-2-3-8-20(18)25/h2-13H,14H2,1H3/b22-13-. The van der Waals surface area contributed by atoms with Crippen molar-refractivity contribution >= 4 is 40.5 Å². The summed E-state index contributed by atoms with van der Waals surface area (Å²) in [5, 5.41) is 0. The van der Waals surface area contributed by atoms with Crippen molar-refractivity contribution in [1.29, 1.82) is 0 Å². The molecule has 0 atom stereocenters. The number of nitrogens with zero attached hydrogens (tertiary/aromatic N) is 1. The molecular weight excluding hydrogens is 496 g/mol. The average Bonchev–Trinajstić information content (AvgIpc) is 3.10. The molecule has 0 aliphatic carbocycles. The molecule has 0 aromatic heterocycles.